The molecule has 0 bridgehead atoms. The molecule has 1 heterocycles. The number of ether oxygens (including phenoxy) is 2. The summed E-state index contributed by atoms with van der Waals surface area (Å²) in [6, 6.07) is 0. The highest BCUT2D eigenvalue weighted by Crippen LogP contribution is 2.59. The molecule has 4 heteroatoms. The third-order valence-electron chi connectivity index (χ3n) is 5.34. The van der Waals surface area contributed by atoms with Gasteiger partial charge < -0.3 is 19.7 Å². The Labute approximate surface area is 102 Å². The molecule has 4 atom stereocenters. The summed E-state index contributed by atoms with van der Waals surface area (Å²) in [6.07, 6.45) is 3.42. The molecule has 0 radical (unpaired) electrons. The molecule has 2 saturated carbocycles. The Kier molecular flexibility index (Phi) is 2.74. The SMILES string of the molecule is C[C@]12CCC[C@@H](O)[C@@]1(O)CC[C@@H]2C1OCCO1. The Bertz CT molecular complexity index is 302. The lowest BCUT2D eigenvalue weighted by molar-refractivity contribution is -0.199. The van der Waals surface area contributed by atoms with Gasteiger partial charge in [-0.2, -0.15) is 0 Å². The van der Waals surface area contributed by atoms with Gasteiger partial charge >= 0.3 is 0 Å². The van der Waals surface area contributed by atoms with Crippen molar-refractivity contribution in [2.24, 2.45) is 11.3 Å². The molecule has 0 unspecified atom stereocenters. The van der Waals surface area contributed by atoms with Gasteiger partial charge in [0, 0.05) is 11.3 Å². The molecular formula is C13H22O4. The number of rotatable bonds is 1. The molecule has 0 aromatic heterocycles. The molecule has 0 aromatic carbocycles. The van der Waals surface area contributed by atoms with Crippen LogP contribution in [0.1, 0.15) is 39.0 Å². The fourth-order valence-corrected chi connectivity index (χ4v) is 4.20. The maximum Gasteiger partial charge on any atom is 0.161 e. The normalized spacial score (nSPS) is 51.7. The summed E-state index contributed by atoms with van der Waals surface area (Å²) < 4.78 is 11.2. The Morgan fingerprint density at radius 1 is 1.12 bits per heavy atom. The Hall–Kier alpha value is -0.160. The highest BCUT2D eigenvalue weighted by atomic mass is 16.7. The first kappa shape index (κ1) is 11.9. The van der Waals surface area contributed by atoms with Gasteiger partial charge in [-0.25, -0.2) is 0 Å². The molecule has 1 aliphatic heterocycles. The van der Waals surface area contributed by atoms with Crippen LogP contribution in [0.3, 0.4) is 0 Å². The summed E-state index contributed by atoms with van der Waals surface area (Å²) in [6.45, 7) is 3.40. The summed E-state index contributed by atoms with van der Waals surface area (Å²) >= 11 is 0. The third-order valence-corrected chi connectivity index (χ3v) is 5.34. The van der Waals surface area contributed by atoms with Crippen LogP contribution < -0.4 is 0 Å². The van der Waals surface area contributed by atoms with Gasteiger partial charge in [0.1, 0.15) is 0 Å². The van der Waals surface area contributed by atoms with E-state index in [9.17, 15) is 10.2 Å². The van der Waals surface area contributed by atoms with E-state index in [1.165, 1.54) is 0 Å². The molecule has 0 spiro atoms. The van der Waals surface area contributed by atoms with Gasteiger partial charge in [-0.15, -0.1) is 0 Å². The van der Waals surface area contributed by atoms with Crippen LogP contribution in [0, 0.1) is 11.3 Å². The van der Waals surface area contributed by atoms with Gasteiger partial charge in [0.25, 0.3) is 0 Å². The molecule has 3 rings (SSSR count). The molecule has 3 aliphatic rings. The summed E-state index contributed by atoms with van der Waals surface area (Å²) in [5, 5.41) is 20.9. The maximum atomic E-state index is 10.8. The topological polar surface area (TPSA) is 58.9 Å². The van der Waals surface area contributed by atoms with Crippen LogP contribution in [-0.2, 0) is 9.47 Å². The van der Waals surface area contributed by atoms with E-state index in [-0.39, 0.29) is 17.6 Å². The van der Waals surface area contributed by atoms with Crippen LogP contribution in [0.15, 0.2) is 0 Å². The second-order valence-electron chi connectivity index (χ2n) is 6.00. The molecular weight excluding hydrogens is 220 g/mol. The number of aliphatic hydroxyl groups is 2. The van der Waals surface area contributed by atoms with E-state index in [4.69, 9.17) is 9.47 Å². The molecule has 0 aromatic rings. The van der Waals surface area contributed by atoms with Gasteiger partial charge in [0.05, 0.1) is 24.9 Å². The summed E-state index contributed by atoms with van der Waals surface area (Å²) in [4.78, 5) is 0. The standard InChI is InChI=1S/C13H22O4/c1-12-5-2-3-10(14)13(12,15)6-4-9(12)11-16-7-8-17-11/h9-11,14-15H,2-8H2,1H3/t9-,10-,12-,13+/m1/s1. The van der Waals surface area contributed by atoms with Gasteiger partial charge in [-0.1, -0.05) is 13.3 Å². The molecule has 2 N–H and O–H groups in total. The average Bonchev–Trinajstić information content (AvgIpc) is 2.87. The zero-order valence-corrected chi connectivity index (χ0v) is 10.4. The van der Waals surface area contributed by atoms with Crippen molar-refractivity contribution >= 4 is 0 Å². The van der Waals surface area contributed by atoms with Crippen LogP contribution in [0.25, 0.3) is 0 Å². The lowest BCUT2D eigenvalue weighted by atomic mass is 9.61. The summed E-state index contributed by atoms with van der Waals surface area (Å²) in [5.41, 5.74) is -1.20. The van der Waals surface area contributed by atoms with Crippen LogP contribution in [0.2, 0.25) is 0 Å². The lowest BCUT2D eigenvalue weighted by Crippen LogP contribution is -2.57. The van der Waals surface area contributed by atoms with Crippen molar-refractivity contribution in [2.45, 2.75) is 57.0 Å². The minimum Gasteiger partial charge on any atom is -0.390 e. The fourth-order valence-electron chi connectivity index (χ4n) is 4.20. The molecule has 1 saturated heterocycles. The van der Waals surface area contributed by atoms with E-state index in [1.54, 1.807) is 0 Å². The zero-order chi connectivity index (χ0) is 12.1. The Balaban J connectivity index is 1.88. The van der Waals surface area contributed by atoms with Crippen molar-refractivity contribution < 1.29 is 19.7 Å². The number of fused-ring (bicyclic) bond motifs is 1. The largest absolute Gasteiger partial charge is 0.390 e. The van der Waals surface area contributed by atoms with Crippen LogP contribution >= 0.6 is 0 Å². The fraction of sp³-hybridized carbons (Fsp3) is 1.00. The van der Waals surface area contributed by atoms with E-state index < -0.39 is 11.7 Å². The first-order valence-electron chi connectivity index (χ1n) is 6.71. The second-order valence-corrected chi connectivity index (χ2v) is 6.00. The highest BCUT2D eigenvalue weighted by Gasteiger charge is 2.63. The van der Waals surface area contributed by atoms with Gasteiger partial charge in [-0.3, -0.25) is 0 Å². The molecule has 4 nitrogen and oxygen atoms in total. The predicted octanol–water partition coefficient (Wildman–Crippen LogP) is 1.05. The Morgan fingerprint density at radius 3 is 2.53 bits per heavy atom. The van der Waals surface area contributed by atoms with Crippen LogP contribution in [0.5, 0.6) is 0 Å². The molecule has 0 amide bonds. The van der Waals surface area contributed by atoms with Crippen molar-refractivity contribution in [1.82, 2.24) is 0 Å². The third kappa shape index (κ3) is 1.51. The van der Waals surface area contributed by atoms with Crippen molar-refractivity contribution in [1.29, 1.82) is 0 Å². The maximum absolute atomic E-state index is 10.8. The van der Waals surface area contributed by atoms with Crippen molar-refractivity contribution in [3.8, 4) is 0 Å². The number of hydrogen-bond donors (Lipinski definition) is 2. The first-order valence-corrected chi connectivity index (χ1v) is 6.71. The zero-order valence-electron chi connectivity index (χ0n) is 10.4. The smallest absolute Gasteiger partial charge is 0.161 e. The number of aliphatic hydroxyl groups excluding tert-OH is 1. The minimum atomic E-state index is -0.939. The molecule has 2 aliphatic carbocycles. The average molecular weight is 242 g/mol. The first-order chi connectivity index (χ1) is 8.08. The number of hydrogen-bond acceptors (Lipinski definition) is 4. The van der Waals surface area contributed by atoms with Crippen molar-refractivity contribution in [3.05, 3.63) is 0 Å². The lowest BCUT2D eigenvalue weighted by Gasteiger charge is -2.50. The summed E-state index contributed by atoms with van der Waals surface area (Å²) in [7, 11) is 0. The highest BCUT2D eigenvalue weighted by molar-refractivity contribution is 5.12. The van der Waals surface area contributed by atoms with E-state index in [0.29, 0.717) is 26.1 Å². The molecule has 3 fully saturated rings. The minimum absolute atomic E-state index is 0.181. The van der Waals surface area contributed by atoms with Crippen LogP contribution in [0.4, 0.5) is 0 Å². The quantitative estimate of drug-likeness (QED) is 0.721. The second kappa shape index (κ2) is 3.92. The van der Waals surface area contributed by atoms with Gasteiger partial charge in [0.2, 0.25) is 0 Å². The van der Waals surface area contributed by atoms with E-state index in [0.717, 1.165) is 19.3 Å². The van der Waals surface area contributed by atoms with Crippen LogP contribution in [-0.4, -0.2) is 41.4 Å². The Morgan fingerprint density at radius 2 is 1.82 bits per heavy atom. The van der Waals surface area contributed by atoms with Gasteiger partial charge in [0.15, 0.2) is 6.29 Å². The molecule has 98 valence electrons. The monoisotopic (exact) mass is 242 g/mol. The van der Waals surface area contributed by atoms with Gasteiger partial charge in [-0.05, 0) is 25.7 Å². The van der Waals surface area contributed by atoms with Crippen molar-refractivity contribution in [3.63, 3.8) is 0 Å². The van der Waals surface area contributed by atoms with E-state index >= 15 is 0 Å². The molecule has 17 heavy (non-hydrogen) atoms. The van der Waals surface area contributed by atoms with Crippen molar-refractivity contribution in [2.75, 3.05) is 13.2 Å². The van der Waals surface area contributed by atoms with E-state index in [2.05, 4.69) is 6.92 Å². The van der Waals surface area contributed by atoms with E-state index in [1.807, 2.05) is 0 Å². The summed E-state index contributed by atoms with van der Waals surface area (Å²) in [5.74, 6) is 0.213. The predicted molar refractivity (Wildman–Crippen MR) is 61.3 cm³/mol.